The molecule has 1 rings (SSSR count). The highest BCUT2D eigenvalue weighted by atomic mass is 16.5. The number of primary amides is 1. The van der Waals surface area contributed by atoms with Gasteiger partial charge in [-0.05, 0) is 31.6 Å². The second kappa shape index (κ2) is 8.59. The number of ether oxygens (including phenoxy) is 1. The van der Waals surface area contributed by atoms with Crippen LogP contribution in [-0.4, -0.2) is 49.1 Å². The van der Waals surface area contributed by atoms with Gasteiger partial charge >= 0.3 is 0 Å². The van der Waals surface area contributed by atoms with E-state index in [2.05, 4.69) is 29.0 Å². The number of methoxy groups -OCH3 is 1. The lowest BCUT2D eigenvalue weighted by molar-refractivity contribution is 0.0996. The largest absolute Gasteiger partial charge is 0.380 e. The Morgan fingerprint density at radius 3 is 2.62 bits per heavy atom. The zero-order valence-electron chi connectivity index (χ0n) is 13.4. The van der Waals surface area contributed by atoms with Gasteiger partial charge in [0.1, 0.15) is 5.82 Å². The van der Waals surface area contributed by atoms with E-state index in [9.17, 15) is 4.79 Å². The summed E-state index contributed by atoms with van der Waals surface area (Å²) < 4.78 is 5.13. The van der Waals surface area contributed by atoms with E-state index >= 15 is 0 Å². The molecule has 0 fully saturated rings. The molecular weight excluding hydrogens is 268 g/mol. The fourth-order valence-electron chi connectivity index (χ4n) is 2.29. The van der Waals surface area contributed by atoms with Crippen molar-refractivity contribution in [1.29, 1.82) is 0 Å². The Balaban J connectivity index is 2.91. The number of hydrogen-bond donors (Lipinski definition) is 2. The lowest BCUT2D eigenvalue weighted by Crippen LogP contribution is -2.29. The summed E-state index contributed by atoms with van der Waals surface area (Å²) in [6.07, 6.45) is 0. The first-order valence-corrected chi connectivity index (χ1v) is 7.28. The van der Waals surface area contributed by atoms with Crippen LogP contribution in [0.15, 0.2) is 6.07 Å². The van der Waals surface area contributed by atoms with Gasteiger partial charge in [-0.3, -0.25) is 4.79 Å². The van der Waals surface area contributed by atoms with Crippen molar-refractivity contribution in [2.24, 2.45) is 5.73 Å². The maximum atomic E-state index is 11.7. The monoisotopic (exact) mass is 294 g/mol. The lowest BCUT2D eigenvalue weighted by Gasteiger charge is -2.19. The number of carbonyl (C=O) groups is 1. The summed E-state index contributed by atoms with van der Waals surface area (Å²) in [5.41, 5.74) is 7.51. The molecular formula is C15H26N4O2. The Morgan fingerprint density at radius 2 is 2.10 bits per heavy atom. The zero-order chi connectivity index (χ0) is 15.8. The van der Waals surface area contributed by atoms with Gasteiger partial charge in [0.15, 0.2) is 0 Å². The molecule has 0 unspecified atom stereocenters. The molecule has 0 saturated heterocycles. The number of aryl methyl sites for hydroxylation is 1. The quantitative estimate of drug-likeness (QED) is 0.719. The van der Waals surface area contributed by atoms with Crippen molar-refractivity contribution in [1.82, 2.24) is 9.88 Å². The van der Waals surface area contributed by atoms with E-state index in [0.29, 0.717) is 24.5 Å². The van der Waals surface area contributed by atoms with Crippen molar-refractivity contribution in [3.63, 3.8) is 0 Å². The minimum absolute atomic E-state index is 0.340. The molecule has 6 heteroatoms. The van der Waals surface area contributed by atoms with Gasteiger partial charge in [0.05, 0.1) is 12.2 Å². The van der Waals surface area contributed by atoms with Crippen molar-refractivity contribution in [3.05, 3.63) is 22.9 Å². The molecule has 1 heterocycles. The lowest BCUT2D eigenvalue weighted by atomic mass is 10.1. The number of nitrogens with zero attached hydrogens (tertiary/aromatic N) is 2. The van der Waals surface area contributed by atoms with Crippen LogP contribution in [0.3, 0.4) is 0 Å². The van der Waals surface area contributed by atoms with Crippen molar-refractivity contribution in [3.8, 4) is 0 Å². The Labute approximate surface area is 126 Å². The highest BCUT2D eigenvalue weighted by molar-refractivity contribution is 5.99. The zero-order valence-corrected chi connectivity index (χ0v) is 13.4. The van der Waals surface area contributed by atoms with Crippen molar-refractivity contribution < 1.29 is 9.53 Å². The van der Waals surface area contributed by atoms with Gasteiger partial charge in [-0.15, -0.1) is 0 Å². The minimum Gasteiger partial charge on any atom is -0.380 e. The Bertz CT molecular complexity index is 473. The molecule has 0 aliphatic rings. The molecule has 1 aromatic rings. The van der Waals surface area contributed by atoms with Gasteiger partial charge < -0.3 is 20.7 Å². The first-order chi connectivity index (χ1) is 10.0. The van der Waals surface area contributed by atoms with E-state index in [4.69, 9.17) is 10.5 Å². The van der Waals surface area contributed by atoms with Crippen molar-refractivity contribution in [2.75, 3.05) is 38.6 Å². The van der Waals surface area contributed by atoms with Crippen LogP contribution in [0.4, 0.5) is 5.82 Å². The van der Waals surface area contributed by atoms with Crippen molar-refractivity contribution in [2.45, 2.75) is 27.4 Å². The van der Waals surface area contributed by atoms with E-state index in [-0.39, 0.29) is 0 Å². The summed E-state index contributed by atoms with van der Waals surface area (Å²) in [4.78, 5) is 18.4. The first kappa shape index (κ1) is 17.4. The van der Waals surface area contributed by atoms with Crippen LogP contribution in [-0.2, 0) is 11.3 Å². The second-order valence-electron chi connectivity index (χ2n) is 4.90. The van der Waals surface area contributed by atoms with E-state index in [1.54, 1.807) is 7.11 Å². The van der Waals surface area contributed by atoms with Gasteiger partial charge in [0, 0.05) is 25.9 Å². The van der Waals surface area contributed by atoms with Crippen molar-refractivity contribution >= 4 is 11.7 Å². The third-order valence-corrected chi connectivity index (χ3v) is 3.39. The van der Waals surface area contributed by atoms with E-state index in [0.717, 1.165) is 30.9 Å². The molecule has 0 atom stereocenters. The summed E-state index contributed by atoms with van der Waals surface area (Å²) in [5, 5.41) is 3.22. The maximum Gasteiger partial charge on any atom is 0.252 e. The molecule has 1 aromatic heterocycles. The van der Waals surface area contributed by atoms with E-state index in [1.165, 1.54) is 0 Å². The number of nitrogens with one attached hydrogen (secondary N) is 1. The molecule has 0 radical (unpaired) electrons. The Morgan fingerprint density at radius 1 is 1.43 bits per heavy atom. The number of aromatic nitrogens is 1. The van der Waals surface area contributed by atoms with Gasteiger partial charge in [-0.2, -0.15) is 0 Å². The third-order valence-electron chi connectivity index (χ3n) is 3.39. The average Bonchev–Trinajstić information content (AvgIpc) is 2.43. The average molecular weight is 294 g/mol. The highest BCUT2D eigenvalue weighted by Gasteiger charge is 2.16. The fourth-order valence-corrected chi connectivity index (χ4v) is 2.29. The molecule has 1 amide bonds. The number of rotatable bonds is 9. The molecule has 0 aromatic carbocycles. The number of likely N-dealkylation sites (N-methyl/N-ethyl adjacent to an activating group) is 1. The Kier molecular flexibility index (Phi) is 7.11. The number of amides is 1. The minimum atomic E-state index is -0.486. The molecule has 0 saturated carbocycles. The number of carbonyl (C=O) groups excluding carboxylic acids is 1. The highest BCUT2D eigenvalue weighted by Crippen LogP contribution is 2.19. The molecule has 6 nitrogen and oxygen atoms in total. The number of anilines is 1. The van der Waals surface area contributed by atoms with E-state index in [1.807, 2.05) is 13.0 Å². The predicted molar refractivity (Wildman–Crippen MR) is 84.5 cm³/mol. The molecule has 0 spiro atoms. The first-order valence-electron chi connectivity index (χ1n) is 7.28. The fraction of sp³-hybridized carbons (Fsp3) is 0.600. The summed E-state index contributed by atoms with van der Waals surface area (Å²) in [7, 11) is 1.59. The van der Waals surface area contributed by atoms with Crippen LogP contribution in [0.2, 0.25) is 0 Å². The van der Waals surface area contributed by atoms with Crippen LogP contribution >= 0.6 is 0 Å². The summed E-state index contributed by atoms with van der Waals surface area (Å²) >= 11 is 0. The van der Waals surface area contributed by atoms with Gasteiger partial charge in [-0.25, -0.2) is 4.98 Å². The van der Waals surface area contributed by atoms with E-state index < -0.39 is 5.91 Å². The van der Waals surface area contributed by atoms with Crippen LogP contribution in [0.25, 0.3) is 0 Å². The van der Waals surface area contributed by atoms with Crippen LogP contribution in [0, 0.1) is 6.92 Å². The third kappa shape index (κ3) is 4.99. The molecule has 3 N–H and O–H groups in total. The van der Waals surface area contributed by atoms with Crippen LogP contribution in [0.1, 0.15) is 35.5 Å². The number of pyridine rings is 1. The van der Waals surface area contributed by atoms with Crippen LogP contribution in [0.5, 0.6) is 0 Å². The molecule has 0 aliphatic heterocycles. The summed E-state index contributed by atoms with van der Waals surface area (Å²) in [5.74, 6) is 0.0570. The molecule has 0 aliphatic carbocycles. The van der Waals surface area contributed by atoms with Gasteiger partial charge in [-0.1, -0.05) is 13.8 Å². The molecule has 0 bridgehead atoms. The maximum absolute atomic E-state index is 11.7. The summed E-state index contributed by atoms with van der Waals surface area (Å²) in [6.45, 7) is 10.1. The molecule has 118 valence electrons. The van der Waals surface area contributed by atoms with Gasteiger partial charge in [0.2, 0.25) is 0 Å². The topological polar surface area (TPSA) is 80.5 Å². The van der Waals surface area contributed by atoms with Gasteiger partial charge in [0.25, 0.3) is 5.91 Å². The second-order valence-corrected chi connectivity index (χ2v) is 4.90. The SMILES string of the molecule is CCN(CC)CCNc1nc(C)cc(COC)c1C(N)=O. The summed E-state index contributed by atoms with van der Waals surface area (Å²) in [6, 6.07) is 1.83. The van der Waals surface area contributed by atoms with Crippen LogP contribution < -0.4 is 11.1 Å². The predicted octanol–water partition coefficient (Wildman–Crippen LogP) is 1.39. The normalized spacial score (nSPS) is 10.9. The smallest absolute Gasteiger partial charge is 0.252 e. The number of hydrogen-bond acceptors (Lipinski definition) is 5. The Hall–Kier alpha value is -1.66. The standard InChI is InChI=1S/C15H26N4O2/c1-5-19(6-2)8-7-17-15-13(14(16)20)12(10-21-4)9-11(3)18-15/h9H,5-8,10H2,1-4H3,(H2,16,20)(H,17,18). The molecule has 21 heavy (non-hydrogen) atoms. The number of nitrogens with two attached hydrogens (primary N) is 1.